The van der Waals surface area contributed by atoms with E-state index < -0.39 is 4.92 Å². The van der Waals surface area contributed by atoms with Gasteiger partial charge in [0.05, 0.1) is 12.0 Å². The summed E-state index contributed by atoms with van der Waals surface area (Å²) >= 11 is 0. The maximum atomic E-state index is 10.8. The van der Waals surface area contributed by atoms with E-state index in [9.17, 15) is 10.1 Å². The summed E-state index contributed by atoms with van der Waals surface area (Å²) in [4.78, 5) is 10.4. The predicted molar refractivity (Wildman–Crippen MR) is 79.8 cm³/mol. The molecule has 2 aromatic rings. The van der Waals surface area contributed by atoms with Gasteiger partial charge in [-0.25, -0.2) is 0 Å². The molecule has 0 bridgehead atoms. The second kappa shape index (κ2) is 6.74. The Kier molecular flexibility index (Phi) is 4.77. The largest absolute Gasteiger partial charge is 0.496 e. The number of aryl methyl sites for hydroxylation is 1. The molecule has 0 atom stereocenters. The standard InChI is InChI=1S/C16H17NO4/c1-3-12-4-7-15(8-5-12)21-11-13-10-14(17(18)19)6-9-16(13)20-2/h4-10H,3,11H2,1-2H3. The topological polar surface area (TPSA) is 61.6 Å². The lowest BCUT2D eigenvalue weighted by molar-refractivity contribution is -0.385. The van der Waals surface area contributed by atoms with E-state index in [4.69, 9.17) is 9.47 Å². The third-order valence-corrected chi connectivity index (χ3v) is 3.20. The van der Waals surface area contributed by atoms with Crippen molar-refractivity contribution < 1.29 is 14.4 Å². The number of non-ortho nitro benzene ring substituents is 1. The highest BCUT2D eigenvalue weighted by Gasteiger charge is 2.11. The number of hydrogen-bond acceptors (Lipinski definition) is 4. The molecule has 0 aliphatic heterocycles. The third kappa shape index (κ3) is 3.72. The Labute approximate surface area is 123 Å². The fraction of sp³-hybridized carbons (Fsp3) is 0.250. The minimum atomic E-state index is -0.432. The molecule has 0 heterocycles. The molecule has 5 nitrogen and oxygen atoms in total. The molecule has 0 N–H and O–H groups in total. The number of hydrogen-bond donors (Lipinski definition) is 0. The Morgan fingerprint density at radius 1 is 1.14 bits per heavy atom. The molecule has 0 saturated carbocycles. The Morgan fingerprint density at radius 2 is 1.86 bits per heavy atom. The van der Waals surface area contributed by atoms with Gasteiger partial charge >= 0.3 is 0 Å². The first kappa shape index (κ1) is 14.8. The van der Waals surface area contributed by atoms with E-state index in [0.29, 0.717) is 11.3 Å². The molecule has 0 aliphatic rings. The maximum absolute atomic E-state index is 10.8. The Bertz CT molecular complexity index is 623. The second-order valence-corrected chi connectivity index (χ2v) is 4.54. The molecule has 21 heavy (non-hydrogen) atoms. The Morgan fingerprint density at radius 3 is 2.43 bits per heavy atom. The smallest absolute Gasteiger partial charge is 0.270 e. The molecule has 0 radical (unpaired) electrons. The zero-order chi connectivity index (χ0) is 15.2. The van der Waals surface area contributed by atoms with E-state index in [0.717, 1.165) is 12.2 Å². The van der Waals surface area contributed by atoms with Crippen LogP contribution in [0.1, 0.15) is 18.1 Å². The van der Waals surface area contributed by atoms with Crippen LogP contribution in [0.2, 0.25) is 0 Å². The summed E-state index contributed by atoms with van der Waals surface area (Å²) in [5.41, 5.74) is 1.90. The van der Waals surface area contributed by atoms with Crippen LogP contribution < -0.4 is 9.47 Å². The van der Waals surface area contributed by atoms with Crippen molar-refractivity contribution in [1.29, 1.82) is 0 Å². The van der Waals surface area contributed by atoms with Gasteiger partial charge in [0.2, 0.25) is 0 Å². The molecular weight excluding hydrogens is 270 g/mol. The van der Waals surface area contributed by atoms with Crippen LogP contribution in [0.25, 0.3) is 0 Å². The van der Waals surface area contributed by atoms with Crippen molar-refractivity contribution in [2.45, 2.75) is 20.0 Å². The lowest BCUT2D eigenvalue weighted by Gasteiger charge is -2.10. The highest BCUT2D eigenvalue weighted by molar-refractivity contribution is 5.43. The molecular formula is C16H17NO4. The van der Waals surface area contributed by atoms with Gasteiger partial charge in [0.25, 0.3) is 5.69 Å². The summed E-state index contributed by atoms with van der Waals surface area (Å²) in [5, 5.41) is 10.8. The molecule has 2 aromatic carbocycles. The average Bonchev–Trinajstić information content (AvgIpc) is 2.53. The molecule has 0 saturated heterocycles. The van der Waals surface area contributed by atoms with Crippen LogP contribution in [0.3, 0.4) is 0 Å². The second-order valence-electron chi connectivity index (χ2n) is 4.54. The van der Waals surface area contributed by atoms with Gasteiger partial charge in [-0.2, -0.15) is 0 Å². The van der Waals surface area contributed by atoms with Crippen LogP contribution in [0.15, 0.2) is 42.5 Å². The number of nitrogens with zero attached hydrogens (tertiary/aromatic N) is 1. The van der Waals surface area contributed by atoms with Crippen LogP contribution >= 0.6 is 0 Å². The first-order chi connectivity index (χ1) is 10.1. The van der Waals surface area contributed by atoms with Crippen molar-refractivity contribution in [2.75, 3.05) is 7.11 Å². The molecule has 2 rings (SSSR count). The van der Waals surface area contributed by atoms with Gasteiger partial charge < -0.3 is 9.47 Å². The van der Waals surface area contributed by atoms with Gasteiger partial charge in [0.15, 0.2) is 0 Å². The van der Waals surface area contributed by atoms with Gasteiger partial charge in [-0.05, 0) is 30.2 Å². The Hall–Kier alpha value is -2.56. The summed E-state index contributed by atoms with van der Waals surface area (Å²) in [6.07, 6.45) is 0.971. The monoisotopic (exact) mass is 287 g/mol. The van der Waals surface area contributed by atoms with Crippen LogP contribution in [-0.2, 0) is 13.0 Å². The van der Waals surface area contributed by atoms with Crippen molar-refractivity contribution in [2.24, 2.45) is 0 Å². The molecule has 5 heteroatoms. The first-order valence-corrected chi connectivity index (χ1v) is 6.67. The molecule has 0 aromatic heterocycles. The molecule has 0 amide bonds. The molecule has 0 fully saturated rings. The van der Waals surface area contributed by atoms with Crippen LogP contribution in [0.5, 0.6) is 11.5 Å². The van der Waals surface area contributed by atoms with E-state index >= 15 is 0 Å². The van der Waals surface area contributed by atoms with E-state index in [2.05, 4.69) is 6.92 Å². The fourth-order valence-corrected chi connectivity index (χ4v) is 1.97. The predicted octanol–water partition coefficient (Wildman–Crippen LogP) is 3.74. The highest BCUT2D eigenvalue weighted by atomic mass is 16.6. The van der Waals surface area contributed by atoms with Crippen LogP contribution in [0, 0.1) is 10.1 Å². The summed E-state index contributed by atoms with van der Waals surface area (Å²) in [6.45, 7) is 2.31. The van der Waals surface area contributed by atoms with Gasteiger partial charge in [0.1, 0.15) is 18.1 Å². The minimum Gasteiger partial charge on any atom is -0.496 e. The van der Waals surface area contributed by atoms with E-state index in [1.54, 1.807) is 6.07 Å². The van der Waals surface area contributed by atoms with E-state index in [1.807, 2.05) is 24.3 Å². The highest BCUT2D eigenvalue weighted by Crippen LogP contribution is 2.25. The molecule has 0 aliphatic carbocycles. The lowest BCUT2D eigenvalue weighted by Crippen LogP contribution is -2.00. The van der Waals surface area contributed by atoms with Crippen LogP contribution in [-0.4, -0.2) is 12.0 Å². The third-order valence-electron chi connectivity index (χ3n) is 3.20. The van der Waals surface area contributed by atoms with Crippen molar-refractivity contribution in [3.8, 4) is 11.5 Å². The maximum Gasteiger partial charge on any atom is 0.270 e. The van der Waals surface area contributed by atoms with Crippen molar-refractivity contribution >= 4 is 5.69 Å². The molecule has 110 valence electrons. The number of rotatable bonds is 6. The van der Waals surface area contributed by atoms with Crippen molar-refractivity contribution in [3.05, 3.63) is 63.7 Å². The van der Waals surface area contributed by atoms with Crippen molar-refractivity contribution in [3.63, 3.8) is 0 Å². The number of benzene rings is 2. The lowest BCUT2D eigenvalue weighted by atomic mass is 10.1. The first-order valence-electron chi connectivity index (χ1n) is 6.67. The SMILES string of the molecule is CCc1ccc(OCc2cc([N+](=O)[O-])ccc2OC)cc1. The van der Waals surface area contributed by atoms with Crippen molar-refractivity contribution in [1.82, 2.24) is 0 Å². The fourth-order valence-electron chi connectivity index (χ4n) is 1.97. The summed E-state index contributed by atoms with van der Waals surface area (Å²) in [7, 11) is 1.53. The summed E-state index contributed by atoms with van der Waals surface area (Å²) in [6, 6.07) is 12.2. The van der Waals surface area contributed by atoms with Gasteiger partial charge in [-0.1, -0.05) is 19.1 Å². The zero-order valence-electron chi connectivity index (χ0n) is 12.0. The zero-order valence-corrected chi connectivity index (χ0v) is 12.0. The summed E-state index contributed by atoms with van der Waals surface area (Å²) in [5.74, 6) is 1.30. The number of nitro benzene ring substituents is 1. The quantitative estimate of drug-likeness (QED) is 0.599. The Balaban J connectivity index is 2.13. The average molecular weight is 287 g/mol. The number of ether oxygens (including phenoxy) is 2. The van der Waals surface area contributed by atoms with Gasteiger partial charge in [0, 0.05) is 17.7 Å². The van der Waals surface area contributed by atoms with E-state index in [-0.39, 0.29) is 12.3 Å². The molecule has 0 spiro atoms. The van der Waals surface area contributed by atoms with E-state index in [1.165, 1.54) is 24.8 Å². The molecule has 0 unspecified atom stereocenters. The summed E-state index contributed by atoms with van der Waals surface area (Å²) < 4.78 is 10.9. The number of methoxy groups -OCH3 is 1. The normalized spacial score (nSPS) is 10.2. The van der Waals surface area contributed by atoms with Crippen LogP contribution in [0.4, 0.5) is 5.69 Å². The minimum absolute atomic E-state index is 0.0238. The van der Waals surface area contributed by atoms with Gasteiger partial charge in [-0.3, -0.25) is 10.1 Å². The number of nitro groups is 1. The van der Waals surface area contributed by atoms with Gasteiger partial charge in [-0.15, -0.1) is 0 Å².